The van der Waals surface area contributed by atoms with Crippen LogP contribution in [0.4, 0.5) is 0 Å². The highest BCUT2D eigenvalue weighted by Gasteiger charge is 2.19. The Morgan fingerprint density at radius 2 is 2.21 bits per heavy atom. The first-order valence-electron chi connectivity index (χ1n) is 6.09. The van der Waals surface area contributed by atoms with Crippen LogP contribution >= 0.6 is 11.3 Å². The zero-order valence-electron chi connectivity index (χ0n) is 11.4. The monoisotopic (exact) mass is 278 g/mol. The molecule has 0 aromatic carbocycles. The Bertz CT molecular complexity index is 502. The highest BCUT2D eigenvalue weighted by molar-refractivity contribution is 7.11. The van der Waals surface area contributed by atoms with Gasteiger partial charge in [0.1, 0.15) is 10.0 Å². The van der Waals surface area contributed by atoms with Crippen LogP contribution < -0.4 is 0 Å². The molecule has 0 aliphatic carbocycles. The third-order valence-corrected chi connectivity index (χ3v) is 3.66. The second-order valence-corrected chi connectivity index (χ2v) is 5.62. The summed E-state index contributed by atoms with van der Waals surface area (Å²) in [6, 6.07) is 6.05. The average molecular weight is 278 g/mol. The molecule has 19 heavy (non-hydrogen) atoms. The maximum absolute atomic E-state index is 5.31. The van der Waals surface area contributed by atoms with E-state index in [1.165, 1.54) is 0 Å². The van der Waals surface area contributed by atoms with E-state index in [-0.39, 0.29) is 6.04 Å². The van der Waals surface area contributed by atoms with Gasteiger partial charge in [-0.2, -0.15) is 0 Å². The van der Waals surface area contributed by atoms with Crippen LogP contribution in [0.2, 0.25) is 0 Å². The molecule has 0 N–H and O–H groups in total. The minimum atomic E-state index is 0.121. The predicted molar refractivity (Wildman–Crippen MR) is 75.0 cm³/mol. The molecule has 2 rings (SSSR count). The molecule has 0 unspecified atom stereocenters. The van der Waals surface area contributed by atoms with E-state index in [2.05, 4.69) is 27.1 Å². The van der Waals surface area contributed by atoms with Gasteiger partial charge in [-0.25, -0.2) is 0 Å². The summed E-state index contributed by atoms with van der Waals surface area (Å²) in [6.45, 7) is 3.31. The molecule has 0 bridgehead atoms. The Labute approximate surface area is 117 Å². The number of hydrogen-bond acceptors (Lipinski definition) is 6. The lowest BCUT2D eigenvalue weighted by Crippen LogP contribution is -2.28. The summed E-state index contributed by atoms with van der Waals surface area (Å²) in [7, 11) is 3.76. The van der Waals surface area contributed by atoms with Gasteiger partial charge in [0.25, 0.3) is 0 Å². The van der Waals surface area contributed by atoms with Gasteiger partial charge in [-0.3, -0.25) is 9.88 Å². The second kappa shape index (κ2) is 6.70. The van der Waals surface area contributed by atoms with Crippen molar-refractivity contribution < 1.29 is 4.74 Å². The minimum absolute atomic E-state index is 0.121. The van der Waals surface area contributed by atoms with Gasteiger partial charge in [0.15, 0.2) is 0 Å². The summed E-state index contributed by atoms with van der Waals surface area (Å²) in [5.74, 6) is 0. The standard InChI is InChI=1S/C13H18N4OS/c1-10-15-16-13(19-10)8-17(2)12(9-18-3)11-6-4-5-7-14-11/h4-7,12H,8-9H2,1-3H3/t12-/m1/s1. The molecule has 0 fully saturated rings. The molecular weight excluding hydrogens is 260 g/mol. The molecule has 0 spiro atoms. The normalized spacial score (nSPS) is 12.8. The van der Waals surface area contributed by atoms with Crippen LogP contribution in [0.1, 0.15) is 21.8 Å². The number of ether oxygens (including phenoxy) is 1. The minimum Gasteiger partial charge on any atom is -0.383 e. The lowest BCUT2D eigenvalue weighted by Gasteiger charge is -2.26. The number of nitrogens with zero attached hydrogens (tertiary/aromatic N) is 4. The van der Waals surface area contributed by atoms with E-state index in [0.717, 1.165) is 22.3 Å². The molecule has 0 aliphatic heterocycles. The van der Waals surface area contributed by atoms with Gasteiger partial charge in [-0.1, -0.05) is 6.07 Å². The van der Waals surface area contributed by atoms with Crippen molar-refractivity contribution in [2.24, 2.45) is 0 Å². The van der Waals surface area contributed by atoms with Gasteiger partial charge in [0.2, 0.25) is 0 Å². The smallest absolute Gasteiger partial charge is 0.131 e. The van der Waals surface area contributed by atoms with Crippen molar-refractivity contribution in [3.63, 3.8) is 0 Å². The van der Waals surface area contributed by atoms with E-state index in [0.29, 0.717) is 6.61 Å². The molecule has 2 heterocycles. The Morgan fingerprint density at radius 3 is 2.79 bits per heavy atom. The number of rotatable bonds is 6. The van der Waals surface area contributed by atoms with Crippen molar-refractivity contribution in [1.29, 1.82) is 0 Å². The SMILES string of the molecule is COC[C@H](c1ccccn1)N(C)Cc1nnc(C)s1. The van der Waals surface area contributed by atoms with Crippen molar-refractivity contribution in [1.82, 2.24) is 20.1 Å². The Balaban J connectivity index is 2.10. The molecular formula is C13H18N4OS. The number of methoxy groups -OCH3 is 1. The summed E-state index contributed by atoms with van der Waals surface area (Å²) in [5, 5.41) is 10.2. The zero-order valence-corrected chi connectivity index (χ0v) is 12.2. The molecule has 0 saturated carbocycles. The van der Waals surface area contributed by atoms with Gasteiger partial charge in [0, 0.05) is 13.3 Å². The Hall–Kier alpha value is -1.37. The lowest BCUT2D eigenvalue weighted by molar-refractivity contribution is 0.0998. The largest absolute Gasteiger partial charge is 0.383 e. The van der Waals surface area contributed by atoms with E-state index < -0.39 is 0 Å². The summed E-state index contributed by atoms with van der Waals surface area (Å²) >= 11 is 1.62. The quantitative estimate of drug-likeness (QED) is 0.809. The van der Waals surface area contributed by atoms with Crippen LogP contribution in [0.3, 0.4) is 0 Å². The van der Waals surface area contributed by atoms with Crippen LogP contribution in [0.15, 0.2) is 24.4 Å². The second-order valence-electron chi connectivity index (χ2n) is 4.36. The molecule has 0 radical (unpaired) electrons. The predicted octanol–water partition coefficient (Wildman–Crippen LogP) is 2.06. The van der Waals surface area contributed by atoms with E-state index in [1.807, 2.05) is 25.1 Å². The van der Waals surface area contributed by atoms with Crippen LogP contribution in [-0.2, 0) is 11.3 Å². The van der Waals surface area contributed by atoms with Crippen molar-refractivity contribution in [2.75, 3.05) is 20.8 Å². The maximum atomic E-state index is 5.31. The number of pyridine rings is 1. The molecule has 2 aromatic rings. The molecule has 0 amide bonds. The average Bonchev–Trinajstić information content (AvgIpc) is 2.82. The Morgan fingerprint density at radius 1 is 1.37 bits per heavy atom. The van der Waals surface area contributed by atoms with Crippen molar-refractivity contribution in [3.05, 3.63) is 40.1 Å². The summed E-state index contributed by atoms with van der Waals surface area (Å²) < 4.78 is 5.31. The number of aromatic nitrogens is 3. The Kier molecular flexibility index (Phi) is 4.95. The summed E-state index contributed by atoms with van der Waals surface area (Å²) in [6.07, 6.45) is 1.81. The van der Waals surface area contributed by atoms with Crippen molar-refractivity contribution in [3.8, 4) is 0 Å². The van der Waals surface area contributed by atoms with E-state index in [1.54, 1.807) is 24.6 Å². The van der Waals surface area contributed by atoms with E-state index in [9.17, 15) is 0 Å². The highest BCUT2D eigenvalue weighted by Crippen LogP contribution is 2.20. The third kappa shape index (κ3) is 3.79. The van der Waals surface area contributed by atoms with Crippen LogP contribution in [-0.4, -0.2) is 40.8 Å². The first-order valence-corrected chi connectivity index (χ1v) is 6.91. The van der Waals surface area contributed by atoms with Gasteiger partial charge < -0.3 is 4.74 Å². The fraction of sp³-hybridized carbons (Fsp3) is 0.462. The third-order valence-electron chi connectivity index (χ3n) is 2.84. The van der Waals surface area contributed by atoms with E-state index >= 15 is 0 Å². The van der Waals surface area contributed by atoms with Crippen LogP contribution in [0.25, 0.3) is 0 Å². The number of likely N-dealkylation sites (N-methyl/N-ethyl adjacent to an activating group) is 1. The fourth-order valence-electron chi connectivity index (χ4n) is 1.89. The fourth-order valence-corrected chi connectivity index (χ4v) is 2.67. The van der Waals surface area contributed by atoms with Crippen LogP contribution in [0.5, 0.6) is 0 Å². The van der Waals surface area contributed by atoms with Crippen molar-refractivity contribution >= 4 is 11.3 Å². The van der Waals surface area contributed by atoms with Crippen LogP contribution in [0, 0.1) is 6.92 Å². The van der Waals surface area contributed by atoms with Gasteiger partial charge in [-0.15, -0.1) is 21.5 Å². The summed E-state index contributed by atoms with van der Waals surface area (Å²) in [4.78, 5) is 6.60. The molecule has 0 aliphatic rings. The topological polar surface area (TPSA) is 51.1 Å². The summed E-state index contributed by atoms with van der Waals surface area (Å²) in [5.41, 5.74) is 1.01. The van der Waals surface area contributed by atoms with Gasteiger partial charge >= 0.3 is 0 Å². The zero-order chi connectivity index (χ0) is 13.7. The van der Waals surface area contributed by atoms with Crippen molar-refractivity contribution in [2.45, 2.75) is 19.5 Å². The molecule has 1 atom stereocenters. The molecule has 102 valence electrons. The van der Waals surface area contributed by atoms with E-state index in [4.69, 9.17) is 4.74 Å². The molecule has 0 saturated heterocycles. The van der Waals surface area contributed by atoms with Gasteiger partial charge in [-0.05, 0) is 26.1 Å². The number of aryl methyl sites for hydroxylation is 1. The first kappa shape index (κ1) is 14.0. The highest BCUT2D eigenvalue weighted by atomic mass is 32.1. The molecule has 6 heteroatoms. The number of hydrogen-bond donors (Lipinski definition) is 0. The van der Waals surface area contributed by atoms with Gasteiger partial charge in [0.05, 0.1) is 24.9 Å². The lowest BCUT2D eigenvalue weighted by atomic mass is 10.2. The first-order chi connectivity index (χ1) is 9.20. The molecule has 5 nitrogen and oxygen atoms in total. The molecule has 2 aromatic heterocycles. The maximum Gasteiger partial charge on any atom is 0.131 e.